The normalized spacial score (nSPS) is 10.5. The van der Waals surface area contributed by atoms with Gasteiger partial charge in [-0.3, -0.25) is 0 Å². The third-order valence-electron chi connectivity index (χ3n) is 4.14. The smallest absolute Gasteiger partial charge is 0.180 e. The predicted octanol–water partition coefficient (Wildman–Crippen LogP) is 6.24. The van der Waals surface area contributed by atoms with Gasteiger partial charge in [-0.1, -0.05) is 59.6 Å². The number of rotatable bonds is 8. The van der Waals surface area contributed by atoms with Gasteiger partial charge in [-0.15, -0.1) is 0 Å². The molecule has 0 heterocycles. The lowest BCUT2D eigenvalue weighted by Gasteiger charge is -2.16. The van der Waals surface area contributed by atoms with Crippen LogP contribution in [0.5, 0.6) is 11.5 Å². The Hall–Kier alpha value is -2.65. The molecular weight excluding hydrogens is 358 g/mol. The molecule has 0 amide bonds. The molecule has 0 aliphatic carbocycles. The van der Waals surface area contributed by atoms with E-state index >= 15 is 0 Å². The van der Waals surface area contributed by atoms with E-state index in [2.05, 4.69) is 36.5 Å². The third kappa shape index (κ3) is 5.41. The van der Waals surface area contributed by atoms with Crippen molar-refractivity contribution in [1.29, 1.82) is 0 Å². The van der Waals surface area contributed by atoms with Crippen LogP contribution in [0.2, 0.25) is 5.02 Å². The summed E-state index contributed by atoms with van der Waals surface area (Å²) in [6, 6.07) is 22.2. The van der Waals surface area contributed by atoms with Crippen molar-refractivity contribution in [1.82, 2.24) is 0 Å². The Morgan fingerprint density at radius 3 is 2.33 bits per heavy atom. The van der Waals surface area contributed by atoms with Gasteiger partial charge in [0.15, 0.2) is 11.5 Å². The highest BCUT2D eigenvalue weighted by Crippen LogP contribution is 2.37. The number of anilines is 1. The highest BCUT2D eigenvalue weighted by Gasteiger charge is 2.13. The first-order chi connectivity index (χ1) is 13.2. The van der Waals surface area contributed by atoms with Gasteiger partial charge < -0.3 is 14.8 Å². The summed E-state index contributed by atoms with van der Waals surface area (Å²) >= 11 is 6.51. The number of ether oxygens (including phenoxy) is 2. The van der Waals surface area contributed by atoms with Crippen LogP contribution in [-0.4, -0.2) is 6.61 Å². The van der Waals surface area contributed by atoms with E-state index < -0.39 is 0 Å². The van der Waals surface area contributed by atoms with Crippen LogP contribution in [0.3, 0.4) is 0 Å². The minimum absolute atomic E-state index is 0.446. The molecule has 0 aromatic heterocycles. The number of halogens is 1. The number of nitrogens with one attached hydrogen (secondary N) is 1. The molecule has 0 aliphatic heterocycles. The van der Waals surface area contributed by atoms with Crippen LogP contribution in [0.1, 0.15) is 23.6 Å². The van der Waals surface area contributed by atoms with E-state index in [1.165, 1.54) is 5.56 Å². The summed E-state index contributed by atoms with van der Waals surface area (Å²) in [7, 11) is 0. The van der Waals surface area contributed by atoms with Crippen LogP contribution in [0.25, 0.3) is 0 Å². The number of hydrogen-bond donors (Lipinski definition) is 1. The van der Waals surface area contributed by atoms with Crippen LogP contribution >= 0.6 is 11.6 Å². The minimum Gasteiger partial charge on any atom is -0.490 e. The zero-order chi connectivity index (χ0) is 19.1. The van der Waals surface area contributed by atoms with Crippen molar-refractivity contribution in [3.05, 3.63) is 88.4 Å². The van der Waals surface area contributed by atoms with Gasteiger partial charge in [0.2, 0.25) is 0 Å². The Balaban J connectivity index is 1.73. The molecule has 3 aromatic carbocycles. The van der Waals surface area contributed by atoms with E-state index in [1.807, 2.05) is 49.4 Å². The molecule has 27 heavy (non-hydrogen) atoms. The van der Waals surface area contributed by atoms with Crippen molar-refractivity contribution in [2.75, 3.05) is 11.9 Å². The molecule has 0 radical (unpaired) electrons. The van der Waals surface area contributed by atoms with Gasteiger partial charge in [-0.05, 0) is 49.2 Å². The second-order valence-corrected chi connectivity index (χ2v) is 6.74. The molecule has 3 nitrogen and oxygen atoms in total. The second kappa shape index (κ2) is 9.33. The lowest BCUT2D eigenvalue weighted by atomic mass is 10.1. The van der Waals surface area contributed by atoms with Crippen molar-refractivity contribution in [3.8, 4) is 11.5 Å². The fourth-order valence-corrected chi connectivity index (χ4v) is 3.02. The van der Waals surface area contributed by atoms with Crippen molar-refractivity contribution in [3.63, 3.8) is 0 Å². The molecule has 0 saturated heterocycles. The van der Waals surface area contributed by atoms with E-state index in [1.54, 1.807) is 0 Å². The molecule has 4 heteroatoms. The molecule has 0 unspecified atom stereocenters. The molecule has 0 bridgehead atoms. The highest BCUT2D eigenvalue weighted by atomic mass is 35.5. The van der Waals surface area contributed by atoms with Gasteiger partial charge in [0, 0.05) is 12.2 Å². The maximum absolute atomic E-state index is 6.51. The molecular formula is C23H24ClNO2. The summed E-state index contributed by atoms with van der Waals surface area (Å²) in [5.41, 5.74) is 4.43. The fraction of sp³-hybridized carbons (Fsp3) is 0.217. The summed E-state index contributed by atoms with van der Waals surface area (Å²) in [5.74, 6) is 1.25. The first kappa shape index (κ1) is 19.1. The van der Waals surface area contributed by atoms with Crippen LogP contribution in [-0.2, 0) is 13.2 Å². The molecule has 0 spiro atoms. The van der Waals surface area contributed by atoms with E-state index in [0.717, 1.165) is 16.8 Å². The van der Waals surface area contributed by atoms with Crippen LogP contribution in [0.4, 0.5) is 5.69 Å². The molecule has 3 aromatic rings. The van der Waals surface area contributed by atoms with E-state index in [-0.39, 0.29) is 0 Å². The number of benzene rings is 3. The third-order valence-corrected chi connectivity index (χ3v) is 4.42. The first-order valence-electron chi connectivity index (χ1n) is 9.08. The van der Waals surface area contributed by atoms with Gasteiger partial charge >= 0.3 is 0 Å². The molecule has 0 atom stereocenters. The lowest BCUT2D eigenvalue weighted by Crippen LogP contribution is -2.04. The van der Waals surface area contributed by atoms with E-state index in [0.29, 0.717) is 36.3 Å². The zero-order valence-corrected chi connectivity index (χ0v) is 16.4. The summed E-state index contributed by atoms with van der Waals surface area (Å²) in [4.78, 5) is 0. The molecule has 1 N–H and O–H groups in total. The van der Waals surface area contributed by atoms with Crippen molar-refractivity contribution >= 4 is 17.3 Å². The SMILES string of the molecule is CCOc1cc(CNc2ccc(C)cc2)cc(Cl)c1OCc1ccccc1. The number of hydrogen-bond acceptors (Lipinski definition) is 3. The maximum atomic E-state index is 6.51. The van der Waals surface area contributed by atoms with Crippen molar-refractivity contribution in [2.45, 2.75) is 27.0 Å². The molecule has 0 saturated carbocycles. The Kier molecular flexibility index (Phi) is 6.61. The second-order valence-electron chi connectivity index (χ2n) is 6.33. The quantitative estimate of drug-likeness (QED) is 0.501. The van der Waals surface area contributed by atoms with Crippen LogP contribution in [0.15, 0.2) is 66.7 Å². The van der Waals surface area contributed by atoms with E-state index in [4.69, 9.17) is 21.1 Å². The zero-order valence-electron chi connectivity index (χ0n) is 15.7. The van der Waals surface area contributed by atoms with Gasteiger partial charge in [0.25, 0.3) is 0 Å². The molecule has 0 fully saturated rings. The van der Waals surface area contributed by atoms with Gasteiger partial charge in [0.05, 0.1) is 11.6 Å². The van der Waals surface area contributed by atoms with Crippen LogP contribution < -0.4 is 14.8 Å². The summed E-state index contributed by atoms with van der Waals surface area (Å²) < 4.78 is 11.7. The highest BCUT2D eigenvalue weighted by molar-refractivity contribution is 6.32. The molecule has 0 aliphatic rings. The Labute approximate surface area is 165 Å². The number of aryl methyl sites for hydroxylation is 1. The Morgan fingerprint density at radius 1 is 0.889 bits per heavy atom. The Morgan fingerprint density at radius 2 is 1.63 bits per heavy atom. The summed E-state index contributed by atoms with van der Waals surface area (Å²) in [6.45, 7) is 5.68. The predicted molar refractivity (Wildman–Crippen MR) is 112 cm³/mol. The maximum Gasteiger partial charge on any atom is 0.180 e. The summed E-state index contributed by atoms with van der Waals surface area (Å²) in [5, 5.41) is 3.96. The average molecular weight is 382 g/mol. The standard InChI is InChI=1S/C23H24ClNO2/c1-3-26-22-14-19(15-25-20-11-9-17(2)10-12-20)13-21(24)23(22)27-16-18-7-5-4-6-8-18/h4-14,25H,3,15-16H2,1-2H3. The van der Waals surface area contributed by atoms with Gasteiger partial charge in [-0.25, -0.2) is 0 Å². The molecule has 3 rings (SSSR count). The van der Waals surface area contributed by atoms with Crippen molar-refractivity contribution < 1.29 is 9.47 Å². The fourth-order valence-electron chi connectivity index (χ4n) is 2.73. The topological polar surface area (TPSA) is 30.5 Å². The monoisotopic (exact) mass is 381 g/mol. The largest absolute Gasteiger partial charge is 0.490 e. The molecule has 140 valence electrons. The first-order valence-corrected chi connectivity index (χ1v) is 9.46. The van der Waals surface area contributed by atoms with Gasteiger partial charge in [-0.2, -0.15) is 0 Å². The Bertz CT molecular complexity index is 864. The minimum atomic E-state index is 0.446. The van der Waals surface area contributed by atoms with Gasteiger partial charge in [0.1, 0.15) is 6.61 Å². The average Bonchev–Trinajstić information content (AvgIpc) is 2.68. The van der Waals surface area contributed by atoms with Crippen molar-refractivity contribution in [2.24, 2.45) is 0 Å². The van der Waals surface area contributed by atoms with Crippen LogP contribution in [0, 0.1) is 6.92 Å². The van der Waals surface area contributed by atoms with E-state index in [9.17, 15) is 0 Å². The summed E-state index contributed by atoms with van der Waals surface area (Å²) in [6.07, 6.45) is 0. The lowest BCUT2D eigenvalue weighted by molar-refractivity contribution is 0.269.